The van der Waals surface area contributed by atoms with Crippen molar-refractivity contribution < 1.29 is 9.59 Å². The fourth-order valence-corrected chi connectivity index (χ4v) is 2.65. The number of carbonyl (C=O) groups is 2. The van der Waals surface area contributed by atoms with Crippen molar-refractivity contribution in [3.05, 3.63) is 95.7 Å². The zero-order valence-electron chi connectivity index (χ0n) is 15.1. The first kappa shape index (κ1) is 18.3. The van der Waals surface area contributed by atoms with E-state index < -0.39 is 6.04 Å². The van der Waals surface area contributed by atoms with Crippen LogP contribution in [0, 0.1) is 6.92 Å². The van der Waals surface area contributed by atoms with Crippen molar-refractivity contribution in [2.24, 2.45) is 0 Å². The summed E-state index contributed by atoms with van der Waals surface area (Å²) in [4.78, 5) is 29.5. The Kier molecular flexibility index (Phi) is 5.94. The molecular weight excluding hydrogens is 338 g/mol. The number of pyridine rings is 1. The van der Waals surface area contributed by atoms with Crippen molar-refractivity contribution in [1.29, 1.82) is 0 Å². The van der Waals surface area contributed by atoms with Gasteiger partial charge in [0.25, 0.3) is 5.91 Å². The molecule has 2 N–H and O–H groups in total. The van der Waals surface area contributed by atoms with Gasteiger partial charge in [-0.25, -0.2) is 4.98 Å². The lowest BCUT2D eigenvalue weighted by molar-refractivity contribution is -0.118. The zero-order valence-corrected chi connectivity index (χ0v) is 15.1. The van der Waals surface area contributed by atoms with Crippen LogP contribution in [0.2, 0.25) is 0 Å². The summed E-state index contributed by atoms with van der Waals surface area (Å²) in [5.74, 6) is -0.138. The highest BCUT2D eigenvalue weighted by Gasteiger charge is 2.22. The molecule has 3 aromatic rings. The summed E-state index contributed by atoms with van der Waals surface area (Å²) < 4.78 is 0. The molecule has 0 aliphatic heterocycles. The Morgan fingerprint density at radius 2 is 1.59 bits per heavy atom. The molecule has 1 atom stereocenters. The van der Waals surface area contributed by atoms with Gasteiger partial charge in [0.05, 0.1) is 0 Å². The molecule has 1 aromatic heterocycles. The van der Waals surface area contributed by atoms with E-state index in [0.717, 1.165) is 11.1 Å². The van der Waals surface area contributed by atoms with Crippen LogP contribution in [0.4, 0.5) is 5.82 Å². The molecular formula is C22H21N3O2. The van der Waals surface area contributed by atoms with Crippen LogP contribution in [-0.4, -0.2) is 22.8 Å². The molecule has 1 heterocycles. The lowest BCUT2D eigenvalue weighted by Gasteiger charge is -2.18. The molecule has 0 saturated heterocycles. The van der Waals surface area contributed by atoms with Gasteiger partial charge in [0.1, 0.15) is 11.9 Å². The van der Waals surface area contributed by atoms with E-state index in [-0.39, 0.29) is 11.8 Å². The molecule has 0 radical (unpaired) electrons. The van der Waals surface area contributed by atoms with Crippen LogP contribution in [0.5, 0.6) is 0 Å². The predicted molar refractivity (Wildman–Crippen MR) is 105 cm³/mol. The topological polar surface area (TPSA) is 71.1 Å². The molecule has 5 nitrogen and oxygen atoms in total. The minimum absolute atomic E-state index is 0.288. The molecule has 2 amide bonds. The highest BCUT2D eigenvalue weighted by Crippen LogP contribution is 2.09. The number of nitrogens with zero attached hydrogens (tertiary/aromatic N) is 1. The summed E-state index contributed by atoms with van der Waals surface area (Å²) in [6, 6.07) is 21.3. The van der Waals surface area contributed by atoms with E-state index >= 15 is 0 Å². The first-order valence-corrected chi connectivity index (χ1v) is 8.75. The van der Waals surface area contributed by atoms with Gasteiger partial charge in [-0.1, -0.05) is 54.6 Å². The molecule has 0 aliphatic carbocycles. The number of anilines is 1. The number of amides is 2. The molecule has 3 rings (SSSR count). The van der Waals surface area contributed by atoms with Crippen LogP contribution >= 0.6 is 0 Å². The summed E-state index contributed by atoms with van der Waals surface area (Å²) in [7, 11) is 0. The van der Waals surface area contributed by atoms with E-state index in [0.29, 0.717) is 17.8 Å². The van der Waals surface area contributed by atoms with Crippen molar-refractivity contribution in [2.45, 2.75) is 19.4 Å². The molecule has 136 valence electrons. The van der Waals surface area contributed by atoms with Gasteiger partial charge in [-0.3, -0.25) is 9.59 Å². The third-order valence-corrected chi connectivity index (χ3v) is 4.10. The second-order valence-electron chi connectivity index (χ2n) is 6.29. The van der Waals surface area contributed by atoms with Crippen molar-refractivity contribution in [1.82, 2.24) is 10.3 Å². The Morgan fingerprint density at radius 3 is 2.22 bits per heavy atom. The predicted octanol–water partition coefficient (Wildman–Crippen LogP) is 3.37. The van der Waals surface area contributed by atoms with E-state index in [1.165, 1.54) is 0 Å². The SMILES string of the molecule is Cc1ccc(NC(=O)C(Cc2ccccc2)NC(=O)c2ccccc2)nc1. The first-order chi connectivity index (χ1) is 13.1. The summed E-state index contributed by atoms with van der Waals surface area (Å²) in [5, 5.41) is 5.62. The Morgan fingerprint density at radius 1 is 0.926 bits per heavy atom. The minimum Gasteiger partial charge on any atom is -0.340 e. The fraction of sp³-hybridized carbons (Fsp3) is 0.136. The summed E-state index contributed by atoms with van der Waals surface area (Å²) in [5.41, 5.74) is 2.48. The summed E-state index contributed by atoms with van der Waals surface area (Å²) in [6.07, 6.45) is 2.07. The van der Waals surface area contributed by atoms with Crippen LogP contribution in [0.1, 0.15) is 21.5 Å². The zero-order chi connectivity index (χ0) is 19.1. The second kappa shape index (κ2) is 8.76. The lowest BCUT2D eigenvalue weighted by atomic mass is 10.0. The fourth-order valence-electron chi connectivity index (χ4n) is 2.65. The smallest absolute Gasteiger partial charge is 0.251 e. The van der Waals surface area contributed by atoms with Crippen LogP contribution in [0.15, 0.2) is 79.0 Å². The maximum absolute atomic E-state index is 12.8. The molecule has 2 aromatic carbocycles. The van der Waals surface area contributed by atoms with E-state index in [9.17, 15) is 9.59 Å². The minimum atomic E-state index is -0.719. The second-order valence-corrected chi connectivity index (χ2v) is 6.29. The van der Waals surface area contributed by atoms with Gasteiger partial charge in [0, 0.05) is 18.2 Å². The van der Waals surface area contributed by atoms with E-state index in [1.54, 1.807) is 36.5 Å². The Labute approximate surface area is 158 Å². The Balaban J connectivity index is 1.77. The van der Waals surface area contributed by atoms with Crippen molar-refractivity contribution in [2.75, 3.05) is 5.32 Å². The molecule has 0 bridgehead atoms. The average molecular weight is 359 g/mol. The van der Waals surface area contributed by atoms with E-state index in [2.05, 4.69) is 15.6 Å². The monoisotopic (exact) mass is 359 g/mol. The standard InChI is InChI=1S/C22H21N3O2/c1-16-12-13-20(23-15-16)25-22(27)19(14-17-8-4-2-5-9-17)24-21(26)18-10-6-3-7-11-18/h2-13,15,19H,14H2,1H3,(H,24,26)(H,23,25,27). The maximum atomic E-state index is 12.8. The highest BCUT2D eigenvalue weighted by molar-refractivity contribution is 6.00. The number of benzene rings is 2. The number of hydrogen-bond donors (Lipinski definition) is 2. The molecule has 1 unspecified atom stereocenters. The number of aromatic nitrogens is 1. The number of nitrogens with one attached hydrogen (secondary N) is 2. The molecule has 0 saturated carbocycles. The van der Waals surface area contributed by atoms with Crippen molar-refractivity contribution in [3.63, 3.8) is 0 Å². The average Bonchev–Trinajstić information content (AvgIpc) is 2.70. The molecule has 5 heteroatoms. The van der Waals surface area contributed by atoms with Crippen LogP contribution in [-0.2, 0) is 11.2 Å². The number of hydrogen-bond acceptors (Lipinski definition) is 3. The van der Waals surface area contributed by atoms with Crippen molar-refractivity contribution >= 4 is 17.6 Å². The third-order valence-electron chi connectivity index (χ3n) is 4.10. The first-order valence-electron chi connectivity index (χ1n) is 8.75. The Hall–Kier alpha value is -3.47. The van der Waals surface area contributed by atoms with Crippen LogP contribution in [0.25, 0.3) is 0 Å². The van der Waals surface area contributed by atoms with Gasteiger partial charge < -0.3 is 10.6 Å². The summed E-state index contributed by atoms with van der Waals surface area (Å²) >= 11 is 0. The lowest BCUT2D eigenvalue weighted by Crippen LogP contribution is -2.45. The number of rotatable bonds is 6. The number of aryl methyl sites for hydroxylation is 1. The van der Waals surface area contributed by atoms with E-state index in [4.69, 9.17) is 0 Å². The number of carbonyl (C=O) groups excluding carboxylic acids is 2. The molecule has 0 aliphatic rings. The molecule has 0 fully saturated rings. The normalized spacial score (nSPS) is 11.4. The van der Waals surface area contributed by atoms with Gasteiger partial charge in [-0.05, 0) is 36.2 Å². The van der Waals surface area contributed by atoms with Crippen molar-refractivity contribution in [3.8, 4) is 0 Å². The van der Waals surface area contributed by atoms with Gasteiger partial charge in [-0.15, -0.1) is 0 Å². The quantitative estimate of drug-likeness (QED) is 0.709. The summed E-state index contributed by atoms with van der Waals surface area (Å²) in [6.45, 7) is 1.93. The maximum Gasteiger partial charge on any atom is 0.251 e. The van der Waals surface area contributed by atoms with Gasteiger partial charge >= 0.3 is 0 Å². The molecule has 0 spiro atoms. The largest absolute Gasteiger partial charge is 0.340 e. The third kappa shape index (κ3) is 5.25. The van der Waals surface area contributed by atoms with Crippen LogP contribution in [0.3, 0.4) is 0 Å². The van der Waals surface area contributed by atoms with Crippen LogP contribution < -0.4 is 10.6 Å². The van der Waals surface area contributed by atoms with E-state index in [1.807, 2.05) is 49.4 Å². The van der Waals surface area contributed by atoms with Gasteiger partial charge in [0.15, 0.2) is 0 Å². The molecule has 27 heavy (non-hydrogen) atoms. The highest BCUT2D eigenvalue weighted by atomic mass is 16.2. The van der Waals surface area contributed by atoms with Gasteiger partial charge in [-0.2, -0.15) is 0 Å². The van der Waals surface area contributed by atoms with Gasteiger partial charge in [0.2, 0.25) is 5.91 Å². The Bertz CT molecular complexity index is 894.